The predicted octanol–water partition coefficient (Wildman–Crippen LogP) is 3.38. The van der Waals surface area contributed by atoms with Gasteiger partial charge in [0.05, 0.1) is 0 Å². The largest absolute Gasteiger partial charge is 0.434 e. The Morgan fingerprint density at radius 1 is 1.04 bits per heavy atom. The number of imidazole rings is 1. The molecule has 136 valence electrons. The maximum absolute atomic E-state index is 13.0. The van der Waals surface area contributed by atoms with E-state index < -0.39 is 11.9 Å². The van der Waals surface area contributed by atoms with Gasteiger partial charge in [-0.15, -0.1) is 0 Å². The molecule has 0 saturated carbocycles. The molecule has 8 heteroatoms. The number of anilines is 2. The highest BCUT2D eigenvalue weighted by Gasteiger charge is 2.34. The van der Waals surface area contributed by atoms with Gasteiger partial charge in [0.1, 0.15) is 0 Å². The number of benzene rings is 1. The molecule has 1 saturated heterocycles. The normalized spacial score (nSPS) is 15.7. The fourth-order valence-corrected chi connectivity index (χ4v) is 3.27. The second kappa shape index (κ2) is 6.19. The van der Waals surface area contributed by atoms with Gasteiger partial charge in [0, 0.05) is 50.5 Å². The van der Waals surface area contributed by atoms with Crippen LogP contribution in [0, 0.1) is 6.92 Å². The third-order valence-corrected chi connectivity index (χ3v) is 4.59. The summed E-state index contributed by atoms with van der Waals surface area (Å²) in [5.74, 6) is 0.492. The summed E-state index contributed by atoms with van der Waals surface area (Å²) < 4.78 is 40.3. The van der Waals surface area contributed by atoms with E-state index in [0.717, 1.165) is 25.0 Å². The molecule has 1 aromatic carbocycles. The van der Waals surface area contributed by atoms with E-state index in [4.69, 9.17) is 0 Å². The average Bonchev–Trinajstić information content (AvgIpc) is 3.07. The zero-order valence-corrected chi connectivity index (χ0v) is 14.2. The van der Waals surface area contributed by atoms with Crippen LogP contribution in [0.25, 0.3) is 5.65 Å². The van der Waals surface area contributed by atoms with Crippen molar-refractivity contribution in [2.75, 3.05) is 36.0 Å². The van der Waals surface area contributed by atoms with E-state index in [0.29, 0.717) is 18.9 Å². The second-order valence-corrected chi connectivity index (χ2v) is 6.42. The number of hydrogen-bond acceptors (Lipinski definition) is 4. The highest BCUT2D eigenvalue weighted by atomic mass is 19.4. The number of aromatic nitrogens is 3. The first-order valence-electron chi connectivity index (χ1n) is 8.39. The van der Waals surface area contributed by atoms with Gasteiger partial charge in [-0.3, -0.25) is 0 Å². The first kappa shape index (κ1) is 16.7. The Bertz CT molecular complexity index is 926. The molecule has 2 aromatic heterocycles. The van der Waals surface area contributed by atoms with Crippen LogP contribution in [-0.2, 0) is 6.18 Å². The molecule has 0 aliphatic carbocycles. The Balaban J connectivity index is 1.57. The Morgan fingerprint density at radius 3 is 2.46 bits per heavy atom. The molecule has 1 aliphatic rings. The molecule has 0 bridgehead atoms. The van der Waals surface area contributed by atoms with Crippen LogP contribution in [0.5, 0.6) is 0 Å². The number of nitrogens with zero attached hydrogens (tertiary/aromatic N) is 5. The van der Waals surface area contributed by atoms with Gasteiger partial charge in [-0.2, -0.15) is 13.2 Å². The van der Waals surface area contributed by atoms with Gasteiger partial charge in [-0.25, -0.2) is 9.97 Å². The molecule has 0 atom stereocenters. The van der Waals surface area contributed by atoms with Crippen LogP contribution in [0.3, 0.4) is 0 Å². The number of rotatable bonds is 2. The fraction of sp³-hybridized carbons (Fsp3) is 0.333. The Labute approximate surface area is 148 Å². The smallest absolute Gasteiger partial charge is 0.368 e. The highest BCUT2D eigenvalue weighted by molar-refractivity contribution is 5.65. The first-order valence-corrected chi connectivity index (χ1v) is 8.39. The van der Waals surface area contributed by atoms with Crippen molar-refractivity contribution >= 4 is 17.2 Å². The number of halogens is 3. The lowest BCUT2D eigenvalue weighted by molar-refractivity contribution is -0.140. The summed E-state index contributed by atoms with van der Waals surface area (Å²) in [6.45, 7) is 4.96. The summed E-state index contributed by atoms with van der Waals surface area (Å²) in [4.78, 5) is 12.3. The third kappa shape index (κ3) is 3.07. The zero-order valence-electron chi connectivity index (χ0n) is 14.2. The molecule has 0 amide bonds. The molecule has 0 unspecified atom stereocenters. The van der Waals surface area contributed by atoms with Crippen molar-refractivity contribution in [3.05, 3.63) is 54.1 Å². The van der Waals surface area contributed by atoms with Gasteiger partial charge in [0.2, 0.25) is 0 Å². The number of hydrogen-bond donors (Lipinski definition) is 0. The van der Waals surface area contributed by atoms with E-state index >= 15 is 0 Å². The minimum atomic E-state index is -4.47. The average molecular weight is 361 g/mol. The lowest BCUT2D eigenvalue weighted by atomic mass is 10.2. The molecule has 0 radical (unpaired) electrons. The van der Waals surface area contributed by atoms with Crippen LogP contribution in [-0.4, -0.2) is 40.5 Å². The summed E-state index contributed by atoms with van der Waals surface area (Å²) in [7, 11) is 0. The molecule has 4 rings (SSSR count). The van der Waals surface area contributed by atoms with Crippen molar-refractivity contribution in [1.82, 2.24) is 14.4 Å². The lowest BCUT2D eigenvalue weighted by Gasteiger charge is -2.36. The van der Waals surface area contributed by atoms with Crippen LogP contribution >= 0.6 is 0 Å². The number of piperazine rings is 1. The molecule has 1 aliphatic heterocycles. The summed E-state index contributed by atoms with van der Waals surface area (Å²) in [5, 5.41) is 0. The van der Waals surface area contributed by atoms with E-state index in [1.165, 1.54) is 22.4 Å². The molecule has 0 spiro atoms. The van der Waals surface area contributed by atoms with Crippen LogP contribution in [0.4, 0.5) is 24.7 Å². The van der Waals surface area contributed by atoms with Crippen molar-refractivity contribution in [3.8, 4) is 0 Å². The van der Waals surface area contributed by atoms with Gasteiger partial charge >= 0.3 is 6.18 Å². The maximum Gasteiger partial charge on any atom is 0.434 e. The van der Waals surface area contributed by atoms with Crippen molar-refractivity contribution in [2.24, 2.45) is 0 Å². The molecular formula is C18H18F3N5. The van der Waals surface area contributed by atoms with Gasteiger partial charge in [-0.1, -0.05) is 12.1 Å². The zero-order chi connectivity index (χ0) is 18.3. The summed E-state index contributed by atoms with van der Waals surface area (Å²) >= 11 is 0. The highest BCUT2D eigenvalue weighted by Crippen LogP contribution is 2.30. The number of aryl methyl sites for hydroxylation is 1. The first-order chi connectivity index (χ1) is 12.4. The van der Waals surface area contributed by atoms with Crippen LogP contribution in [0.15, 0.2) is 42.9 Å². The van der Waals surface area contributed by atoms with Gasteiger partial charge in [-0.05, 0) is 24.6 Å². The second-order valence-electron chi connectivity index (χ2n) is 6.42. The van der Waals surface area contributed by atoms with Gasteiger partial charge in [0.15, 0.2) is 17.2 Å². The molecule has 3 aromatic rings. The van der Waals surface area contributed by atoms with E-state index in [1.807, 2.05) is 11.0 Å². The van der Waals surface area contributed by atoms with E-state index in [1.54, 1.807) is 0 Å². The van der Waals surface area contributed by atoms with Crippen LogP contribution in [0.1, 0.15) is 11.3 Å². The van der Waals surface area contributed by atoms with Crippen molar-refractivity contribution in [3.63, 3.8) is 0 Å². The quantitative estimate of drug-likeness (QED) is 0.701. The predicted molar refractivity (Wildman–Crippen MR) is 93.6 cm³/mol. The molecule has 3 heterocycles. The van der Waals surface area contributed by atoms with Crippen molar-refractivity contribution in [2.45, 2.75) is 13.1 Å². The topological polar surface area (TPSA) is 36.7 Å². The monoisotopic (exact) mass is 361 g/mol. The Kier molecular flexibility index (Phi) is 3.97. The van der Waals surface area contributed by atoms with Gasteiger partial charge < -0.3 is 14.2 Å². The molecule has 5 nitrogen and oxygen atoms in total. The van der Waals surface area contributed by atoms with Crippen LogP contribution < -0.4 is 9.80 Å². The Morgan fingerprint density at radius 2 is 1.77 bits per heavy atom. The van der Waals surface area contributed by atoms with E-state index in [9.17, 15) is 13.2 Å². The summed E-state index contributed by atoms with van der Waals surface area (Å²) in [5.41, 5.74) is 1.71. The molecular weight excluding hydrogens is 343 g/mol. The molecule has 0 N–H and O–H groups in total. The van der Waals surface area contributed by atoms with Crippen LogP contribution in [0.2, 0.25) is 0 Å². The lowest BCUT2D eigenvalue weighted by Crippen LogP contribution is -2.47. The Hall–Kier alpha value is -2.77. The number of alkyl halides is 3. The summed E-state index contributed by atoms with van der Waals surface area (Å²) in [6.07, 6.45) is -0.460. The van der Waals surface area contributed by atoms with E-state index in [2.05, 4.69) is 40.0 Å². The van der Waals surface area contributed by atoms with Gasteiger partial charge in [0.25, 0.3) is 0 Å². The minimum absolute atomic E-state index is 0.240. The van der Waals surface area contributed by atoms with E-state index in [-0.39, 0.29) is 5.65 Å². The molecule has 26 heavy (non-hydrogen) atoms. The summed E-state index contributed by atoms with van der Waals surface area (Å²) in [6, 6.07) is 8.30. The van der Waals surface area contributed by atoms with Crippen molar-refractivity contribution in [1.29, 1.82) is 0 Å². The SMILES string of the molecule is Cc1cccc(N2CCN(c3nccn4cc(C(F)(F)F)nc34)CC2)c1. The number of fused-ring (bicyclic) bond motifs is 1. The van der Waals surface area contributed by atoms with Crippen molar-refractivity contribution < 1.29 is 13.2 Å². The fourth-order valence-electron chi connectivity index (χ4n) is 3.27. The maximum atomic E-state index is 13.0. The minimum Gasteiger partial charge on any atom is -0.368 e. The standard InChI is InChI=1S/C18H18F3N5/c1-13-3-2-4-14(11-13)24-7-9-25(10-8-24)16-17-23-15(18(19,20)21)12-26(17)6-5-22-16/h2-6,11-12H,7-10H2,1H3. The molecule has 1 fully saturated rings. The third-order valence-electron chi connectivity index (χ3n) is 4.59.